The third-order valence-corrected chi connectivity index (χ3v) is 4.19. The molecule has 2 aliphatic rings. The van der Waals surface area contributed by atoms with Crippen LogP contribution in [-0.2, 0) is 9.47 Å². The number of nitrogens with two attached hydrogens (primary N) is 1. The van der Waals surface area contributed by atoms with Gasteiger partial charge < -0.3 is 9.47 Å². The first kappa shape index (κ1) is 13.3. The van der Waals surface area contributed by atoms with E-state index in [0.717, 1.165) is 19.4 Å². The van der Waals surface area contributed by atoms with Crippen LogP contribution in [0.1, 0.15) is 46.0 Å². The van der Waals surface area contributed by atoms with Crippen molar-refractivity contribution in [1.82, 2.24) is 5.43 Å². The molecule has 17 heavy (non-hydrogen) atoms. The van der Waals surface area contributed by atoms with Crippen LogP contribution in [0.5, 0.6) is 0 Å². The van der Waals surface area contributed by atoms with Crippen LogP contribution >= 0.6 is 0 Å². The Morgan fingerprint density at radius 1 is 1.47 bits per heavy atom. The highest BCUT2D eigenvalue weighted by atomic mass is 16.5. The first-order chi connectivity index (χ1) is 8.15. The molecule has 0 aromatic rings. The SMILES string of the molecule is CC(C)OCC(NN)C1CCOC2(CCC2)C1. The van der Waals surface area contributed by atoms with Gasteiger partial charge in [0.25, 0.3) is 0 Å². The van der Waals surface area contributed by atoms with Gasteiger partial charge in [0.1, 0.15) is 0 Å². The Hall–Kier alpha value is -0.160. The number of hydrogen-bond acceptors (Lipinski definition) is 4. The zero-order chi connectivity index (χ0) is 12.3. The van der Waals surface area contributed by atoms with Crippen molar-refractivity contribution in [2.45, 2.75) is 63.7 Å². The quantitative estimate of drug-likeness (QED) is 0.568. The van der Waals surface area contributed by atoms with Gasteiger partial charge in [-0.05, 0) is 51.9 Å². The molecule has 0 bridgehead atoms. The molecule has 1 spiro atoms. The van der Waals surface area contributed by atoms with E-state index in [0.29, 0.717) is 12.5 Å². The van der Waals surface area contributed by atoms with E-state index in [1.807, 2.05) is 0 Å². The first-order valence-electron chi connectivity index (χ1n) is 6.87. The Bertz CT molecular complexity index is 242. The zero-order valence-corrected chi connectivity index (χ0v) is 11.1. The summed E-state index contributed by atoms with van der Waals surface area (Å²) < 4.78 is 11.6. The second-order valence-corrected chi connectivity index (χ2v) is 5.79. The van der Waals surface area contributed by atoms with Crippen LogP contribution in [0.2, 0.25) is 0 Å². The monoisotopic (exact) mass is 242 g/mol. The standard InChI is InChI=1S/C13H26N2O2/c1-10(2)16-9-12(15-14)11-4-7-17-13(8-11)5-3-6-13/h10-12,15H,3-9,14H2,1-2H3. The summed E-state index contributed by atoms with van der Waals surface area (Å²) in [5.74, 6) is 6.26. The maximum Gasteiger partial charge on any atom is 0.0685 e. The van der Waals surface area contributed by atoms with Gasteiger partial charge in [-0.25, -0.2) is 0 Å². The summed E-state index contributed by atoms with van der Waals surface area (Å²) in [4.78, 5) is 0. The molecule has 0 aromatic carbocycles. The molecule has 2 unspecified atom stereocenters. The molecule has 100 valence electrons. The minimum absolute atomic E-state index is 0.190. The van der Waals surface area contributed by atoms with Gasteiger partial charge in [0.2, 0.25) is 0 Å². The predicted octanol–water partition coefficient (Wildman–Crippen LogP) is 1.59. The normalized spacial score (nSPS) is 29.3. The van der Waals surface area contributed by atoms with Crippen molar-refractivity contribution in [1.29, 1.82) is 0 Å². The minimum Gasteiger partial charge on any atom is -0.377 e. The molecule has 2 rings (SSSR count). The maximum absolute atomic E-state index is 5.94. The van der Waals surface area contributed by atoms with Gasteiger partial charge in [0.15, 0.2) is 0 Å². The average molecular weight is 242 g/mol. The van der Waals surface area contributed by atoms with Crippen molar-refractivity contribution in [2.75, 3.05) is 13.2 Å². The van der Waals surface area contributed by atoms with Crippen LogP contribution in [0.25, 0.3) is 0 Å². The van der Waals surface area contributed by atoms with Crippen molar-refractivity contribution < 1.29 is 9.47 Å². The molecular formula is C13H26N2O2. The van der Waals surface area contributed by atoms with E-state index in [-0.39, 0.29) is 17.7 Å². The van der Waals surface area contributed by atoms with Crippen molar-refractivity contribution in [2.24, 2.45) is 11.8 Å². The van der Waals surface area contributed by atoms with Crippen LogP contribution < -0.4 is 11.3 Å². The highest BCUT2D eigenvalue weighted by Gasteiger charge is 2.44. The molecule has 1 saturated heterocycles. The van der Waals surface area contributed by atoms with Crippen molar-refractivity contribution in [3.8, 4) is 0 Å². The van der Waals surface area contributed by atoms with E-state index >= 15 is 0 Å². The summed E-state index contributed by atoms with van der Waals surface area (Å²) in [6.07, 6.45) is 6.28. The summed E-state index contributed by atoms with van der Waals surface area (Å²) in [6.45, 7) is 5.70. The van der Waals surface area contributed by atoms with Gasteiger partial charge >= 0.3 is 0 Å². The summed E-state index contributed by atoms with van der Waals surface area (Å²) in [5.41, 5.74) is 3.12. The third-order valence-electron chi connectivity index (χ3n) is 4.19. The van der Waals surface area contributed by atoms with Crippen LogP contribution in [-0.4, -0.2) is 31.0 Å². The van der Waals surface area contributed by atoms with E-state index in [4.69, 9.17) is 15.3 Å². The Balaban J connectivity index is 1.85. The highest BCUT2D eigenvalue weighted by molar-refractivity contribution is 4.96. The van der Waals surface area contributed by atoms with E-state index in [9.17, 15) is 0 Å². The van der Waals surface area contributed by atoms with Crippen LogP contribution in [0.15, 0.2) is 0 Å². The Kier molecular flexibility index (Phi) is 4.42. The highest BCUT2D eigenvalue weighted by Crippen LogP contribution is 2.44. The third kappa shape index (κ3) is 3.19. The van der Waals surface area contributed by atoms with E-state index < -0.39 is 0 Å². The molecular weight excluding hydrogens is 216 g/mol. The van der Waals surface area contributed by atoms with E-state index in [1.165, 1.54) is 19.3 Å². The Labute approximate surface area is 104 Å². The fourth-order valence-electron chi connectivity index (χ4n) is 2.95. The molecule has 0 amide bonds. The van der Waals surface area contributed by atoms with Gasteiger partial charge in [0.05, 0.1) is 18.3 Å². The fourth-order valence-corrected chi connectivity index (χ4v) is 2.95. The summed E-state index contributed by atoms with van der Waals surface area (Å²) in [7, 11) is 0. The van der Waals surface area contributed by atoms with Crippen molar-refractivity contribution in [3.05, 3.63) is 0 Å². The number of hydrazine groups is 1. The minimum atomic E-state index is 0.190. The van der Waals surface area contributed by atoms with Crippen LogP contribution in [0.3, 0.4) is 0 Å². The largest absolute Gasteiger partial charge is 0.377 e. The molecule has 1 aliphatic heterocycles. The van der Waals surface area contributed by atoms with Crippen molar-refractivity contribution in [3.63, 3.8) is 0 Å². The van der Waals surface area contributed by atoms with Crippen LogP contribution in [0, 0.1) is 5.92 Å². The molecule has 2 fully saturated rings. The number of ether oxygens (including phenoxy) is 2. The summed E-state index contributed by atoms with van der Waals surface area (Å²) >= 11 is 0. The number of hydrogen-bond donors (Lipinski definition) is 2. The lowest BCUT2D eigenvalue weighted by molar-refractivity contribution is -0.149. The van der Waals surface area contributed by atoms with Gasteiger partial charge in [-0.15, -0.1) is 0 Å². The molecule has 0 radical (unpaired) electrons. The topological polar surface area (TPSA) is 56.5 Å². The lowest BCUT2D eigenvalue weighted by atomic mass is 9.70. The smallest absolute Gasteiger partial charge is 0.0685 e. The lowest BCUT2D eigenvalue weighted by Gasteiger charge is -2.48. The molecule has 4 nitrogen and oxygen atoms in total. The van der Waals surface area contributed by atoms with Gasteiger partial charge in [-0.1, -0.05) is 0 Å². The Morgan fingerprint density at radius 3 is 2.76 bits per heavy atom. The van der Waals surface area contributed by atoms with Crippen LogP contribution in [0.4, 0.5) is 0 Å². The molecule has 1 heterocycles. The second-order valence-electron chi connectivity index (χ2n) is 5.79. The summed E-state index contributed by atoms with van der Waals surface area (Å²) in [6, 6.07) is 0.263. The lowest BCUT2D eigenvalue weighted by Crippen LogP contribution is -2.53. The number of rotatable bonds is 5. The fraction of sp³-hybridized carbons (Fsp3) is 1.00. The Morgan fingerprint density at radius 2 is 2.24 bits per heavy atom. The average Bonchev–Trinajstić information content (AvgIpc) is 2.28. The first-order valence-corrected chi connectivity index (χ1v) is 6.87. The van der Waals surface area contributed by atoms with Gasteiger partial charge in [-0.3, -0.25) is 11.3 Å². The zero-order valence-electron chi connectivity index (χ0n) is 11.1. The summed E-state index contributed by atoms with van der Waals surface area (Å²) in [5, 5.41) is 0. The molecule has 4 heteroatoms. The molecule has 1 aliphatic carbocycles. The second kappa shape index (κ2) is 5.65. The van der Waals surface area contributed by atoms with Crippen molar-refractivity contribution >= 4 is 0 Å². The maximum atomic E-state index is 5.94. The van der Waals surface area contributed by atoms with E-state index in [2.05, 4.69) is 19.3 Å². The molecule has 0 aromatic heterocycles. The molecule has 3 N–H and O–H groups in total. The van der Waals surface area contributed by atoms with Gasteiger partial charge in [-0.2, -0.15) is 0 Å². The molecule has 1 saturated carbocycles. The molecule has 2 atom stereocenters. The number of nitrogens with one attached hydrogen (secondary N) is 1. The van der Waals surface area contributed by atoms with E-state index in [1.54, 1.807) is 0 Å². The predicted molar refractivity (Wildman–Crippen MR) is 67.5 cm³/mol. The van der Waals surface area contributed by atoms with Gasteiger partial charge in [0, 0.05) is 12.6 Å².